The molecule has 3 heteroatoms. The third-order valence-electron chi connectivity index (χ3n) is 2.07. The quantitative estimate of drug-likeness (QED) is 0.663. The first kappa shape index (κ1) is 10.4. The first-order valence-electron chi connectivity index (χ1n) is 3.84. The minimum absolute atomic E-state index is 0.120. The minimum Gasteiger partial charge on any atom is -0.378 e. The second-order valence-electron chi connectivity index (χ2n) is 3.18. The molecule has 0 radical (unpaired) electrons. The van der Waals surface area contributed by atoms with Crippen molar-refractivity contribution < 1.29 is 9.53 Å². The molecule has 0 saturated carbocycles. The lowest BCUT2D eigenvalue weighted by molar-refractivity contribution is -0.133. The van der Waals surface area contributed by atoms with Gasteiger partial charge >= 0.3 is 0 Å². The third kappa shape index (κ3) is 2.50. The van der Waals surface area contributed by atoms with Crippen molar-refractivity contribution >= 4 is 5.91 Å². The van der Waals surface area contributed by atoms with Gasteiger partial charge in [-0.1, -0.05) is 0 Å². The zero-order chi connectivity index (χ0) is 9.07. The van der Waals surface area contributed by atoms with E-state index in [0.29, 0.717) is 6.61 Å². The normalized spacial score (nSPS) is 14.5. The van der Waals surface area contributed by atoms with Crippen molar-refractivity contribution in [3.63, 3.8) is 0 Å². The van der Waals surface area contributed by atoms with E-state index < -0.39 is 5.41 Å². The molecule has 0 aliphatic heterocycles. The highest BCUT2D eigenvalue weighted by Crippen LogP contribution is 2.21. The summed E-state index contributed by atoms with van der Waals surface area (Å²) < 4.78 is 5.27. The second kappa shape index (κ2) is 3.72. The highest BCUT2D eigenvalue weighted by atomic mass is 16.5. The van der Waals surface area contributed by atoms with Crippen molar-refractivity contribution in [2.45, 2.75) is 33.8 Å². The van der Waals surface area contributed by atoms with Gasteiger partial charge in [0.2, 0.25) is 5.91 Å². The predicted octanol–water partition coefficient (Wildman–Crippen LogP) is 0.923. The van der Waals surface area contributed by atoms with E-state index in [1.807, 2.05) is 13.8 Å². The van der Waals surface area contributed by atoms with Crippen LogP contribution in [0.15, 0.2) is 0 Å². The Morgan fingerprint density at radius 3 is 2.36 bits per heavy atom. The van der Waals surface area contributed by atoms with Gasteiger partial charge in [-0.2, -0.15) is 0 Å². The summed E-state index contributed by atoms with van der Waals surface area (Å²) in [5.74, 6) is -0.321. The lowest BCUT2D eigenvalue weighted by atomic mass is 9.87. The molecule has 0 fully saturated rings. The lowest BCUT2D eigenvalue weighted by Crippen LogP contribution is -2.41. The summed E-state index contributed by atoms with van der Waals surface area (Å²) in [6, 6.07) is 0. The van der Waals surface area contributed by atoms with E-state index in [0.717, 1.165) is 0 Å². The Hall–Kier alpha value is -0.570. The summed E-state index contributed by atoms with van der Waals surface area (Å²) in [7, 11) is 0. The number of primary amides is 1. The van der Waals surface area contributed by atoms with Crippen molar-refractivity contribution in [3.05, 3.63) is 0 Å². The highest BCUT2D eigenvalue weighted by molar-refractivity contribution is 5.80. The van der Waals surface area contributed by atoms with Crippen LogP contribution in [0.5, 0.6) is 0 Å². The topological polar surface area (TPSA) is 52.3 Å². The van der Waals surface area contributed by atoms with Crippen molar-refractivity contribution in [3.8, 4) is 0 Å². The average Bonchev–Trinajstić information content (AvgIpc) is 1.88. The van der Waals surface area contributed by atoms with Crippen molar-refractivity contribution in [1.82, 2.24) is 0 Å². The largest absolute Gasteiger partial charge is 0.378 e. The molecule has 1 unspecified atom stereocenters. The molecule has 66 valence electrons. The number of carbonyl (C=O) groups excluding carboxylic acids is 1. The van der Waals surface area contributed by atoms with Gasteiger partial charge in [0, 0.05) is 6.61 Å². The van der Waals surface area contributed by atoms with Crippen LogP contribution in [0.2, 0.25) is 0 Å². The number of rotatable bonds is 4. The van der Waals surface area contributed by atoms with Crippen LogP contribution in [0.3, 0.4) is 0 Å². The van der Waals surface area contributed by atoms with Gasteiger partial charge in [-0.3, -0.25) is 4.79 Å². The molecule has 0 aromatic heterocycles. The van der Waals surface area contributed by atoms with Gasteiger partial charge in [0.1, 0.15) is 0 Å². The summed E-state index contributed by atoms with van der Waals surface area (Å²) in [4.78, 5) is 10.9. The van der Waals surface area contributed by atoms with Gasteiger partial charge in [0.25, 0.3) is 0 Å². The fraction of sp³-hybridized carbons (Fsp3) is 0.875. The van der Waals surface area contributed by atoms with Crippen LogP contribution in [0.25, 0.3) is 0 Å². The smallest absolute Gasteiger partial charge is 0.225 e. The molecule has 1 amide bonds. The lowest BCUT2D eigenvalue weighted by Gasteiger charge is -2.27. The van der Waals surface area contributed by atoms with Crippen LogP contribution >= 0.6 is 0 Å². The Bertz CT molecular complexity index is 143. The Labute approximate surface area is 67.9 Å². The minimum atomic E-state index is -0.573. The first-order chi connectivity index (χ1) is 4.92. The monoisotopic (exact) mass is 159 g/mol. The summed E-state index contributed by atoms with van der Waals surface area (Å²) in [5.41, 5.74) is 4.61. The van der Waals surface area contributed by atoms with Crippen LogP contribution in [0.1, 0.15) is 27.7 Å². The van der Waals surface area contributed by atoms with Crippen LogP contribution < -0.4 is 5.73 Å². The van der Waals surface area contributed by atoms with Gasteiger partial charge in [-0.15, -0.1) is 0 Å². The van der Waals surface area contributed by atoms with Crippen molar-refractivity contribution in [2.75, 3.05) is 6.61 Å². The van der Waals surface area contributed by atoms with E-state index in [4.69, 9.17) is 10.5 Å². The fourth-order valence-corrected chi connectivity index (χ4v) is 0.659. The van der Waals surface area contributed by atoms with Crippen molar-refractivity contribution in [2.24, 2.45) is 11.1 Å². The molecule has 2 N–H and O–H groups in total. The van der Waals surface area contributed by atoms with Gasteiger partial charge in [-0.25, -0.2) is 0 Å². The Morgan fingerprint density at radius 2 is 2.09 bits per heavy atom. The number of hydrogen-bond donors (Lipinski definition) is 1. The SMILES string of the molecule is CCOC(C)C(C)(C)C(N)=O. The van der Waals surface area contributed by atoms with E-state index in [1.165, 1.54) is 0 Å². The molecule has 0 spiro atoms. The summed E-state index contributed by atoms with van der Waals surface area (Å²) in [6.07, 6.45) is -0.120. The number of carbonyl (C=O) groups is 1. The second-order valence-corrected chi connectivity index (χ2v) is 3.18. The maximum Gasteiger partial charge on any atom is 0.225 e. The molecule has 0 saturated heterocycles. The Balaban J connectivity index is 4.17. The van der Waals surface area contributed by atoms with E-state index in [9.17, 15) is 4.79 Å². The standard InChI is InChI=1S/C8H17NO2/c1-5-11-6(2)8(3,4)7(9)10/h6H,5H2,1-4H3,(H2,9,10). The Kier molecular flexibility index (Phi) is 3.52. The molecule has 0 aromatic carbocycles. The highest BCUT2D eigenvalue weighted by Gasteiger charge is 2.32. The zero-order valence-electron chi connectivity index (χ0n) is 7.68. The molecule has 0 bridgehead atoms. The van der Waals surface area contributed by atoms with Gasteiger partial charge in [-0.05, 0) is 27.7 Å². The molecule has 3 nitrogen and oxygen atoms in total. The summed E-state index contributed by atoms with van der Waals surface area (Å²) in [5, 5.41) is 0. The van der Waals surface area contributed by atoms with Crippen molar-refractivity contribution in [1.29, 1.82) is 0 Å². The number of nitrogens with two attached hydrogens (primary N) is 1. The van der Waals surface area contributed by atoms with E-state index in [1.54, 1.807) is 13.8 Å². The van der Waals surface area contributed by atoms with Gasteiger partial charge < -0.3 is 10.5 Å². The molecule has 0 aliphatic rings. The van der Waals surface area contributed by atoms with E-state index >= 15 is 0 Å². The Morgan fingerprint density at radius 1 is 1.64 bits per heavy atom. The van der Waals surface area contributed by atoms with Gasteiger partial charge in [0.15, 0.2) is 0 Å². The molecule has 1 atom stereocenters. The average molecular weight is 159 g/mol. The van der Waals surface area contributed by atoms with Gasteiger partial charge in [0.05, 0.1) is 11.5 Å². The third-order valence-corrected chi connectivity index (χ3v) is 2.07. The van der Waals surface area contributed by atoms with E-state index in [-0.39, 0.29) is 12.0 Å². The maximum atomic E-state index is 10.9. The molecular formula is C8H17NO2. The molecule has 0 aromatic rings. The molecule has 0 rings (SSSR count). The summed E-state index contributed by atoms with van der Waals surface area (Å²) >= 11 is 0. The zero-order valence-corrected chi connectivity index (χ0v) is 7.68. The fourth-order valence-electron chi connectivity index (χ4n) is 0.659. The number of amides is 1. The summed E-state index contributed by atoms with van der Waals surface area (Å²) in [6.45, 7) is 7.94. The maximum absolute atomic E-state index is 10.9. The molecule has 11 heavy (non-hydrogen) atoms. The molecular weight excluding hydrogens is 142 g/mol. The molecule has 0 aliphatic carbocycles. The first-order valence-corrected chi connectivity index (χ1v) is 3.84. The van der Waals surface area contributed by atoms with Crippen LogP contribution in [-0.4, -0.2) is 18.6 Å². The molecule has 0 heterocycles. The predicted molar refractivity (Wildman–Crippen MR) is 44.1 cm³/mol. The van der Waals surface area contributed by atoms with Crippen LogP contribution in [0.4, 0.5) is 0 Å². The van der Waals surface area contributed by atoms with Crippen LogP contribution in [-0.2, 0) is 9.53 Å². The van der Waals surface area contributed by atoms with Crippen LogP contribution in [0, 0.1) is 5.41 Å². The number of hydrogen-bond acceptors (Lipinski definition) is 2. The number of ether oxygens (including phenoxy) is 1. The van der Waals surface area contributed by atoms with E-state index in [2.05, 4.69) is 0 Å².